The average molecular weight is 481 g/mol. The molecule has 1 aromatic heterocycles. The number of amides is 3. The van der Waals surface area contributed by atoms with Crippen molar-refractivity contribution in [2.75, 3.05) is 5.32 Å². The zero-order valence-corrected chi connectivity index (χ0v) is 18.6. The molecule has 0 radical (unpaired) electrons. The fourth-order valence-electron chi connectivity index (χ4n) is 3.32. The van der Waals surface area contributed by atoms with Crippen LogP contribution in [0.25, 0.3) is 0 Å². The number of nitrogens with two attached hydrogens (primary N) is 2. The zero-order valence-electron chi connectivity index (χ0n) is 17.0. The van der Waals surface area contributed by atoms with Gasteiger partial charge in [0.1, 0.15) is 0 Å². The van der Waals surface area contributed by atoms with Crippen molar-refractivity contribution in [2.24, 2.45) is 21.7 Å². The van der Waals surface area contributed by atoms with E-state index in [-0.39, 0.29) is 29.3 Å². The molecular formula is C22H17ClN6O3S. The number of hydrogen-bond acceptors (Lipinski definition) is 6. The molecule has 0 aliphatic carbocycles. The van der Waals surface area contributed by atoms with Gasteiger partial charge >= 0.3 is 0 Å². The third-order valence-corrected chi connectivity index (χ3v) is 5.95. The van der Waals surface area contributed by atoms with Crippen LogP contribution in [0.3, 0.4) is 0 Å². The van der Waals surface area contributed by atoms with Gasteiger partial charge in [-0.15, -0.1) is 16.4 Å². The summed E-state index contributed by atoms with van der Waals surface area (Å²) in [6.07, 6.45) is 1.45. The van der Waals surface area contributed by atoms with Gasteiger partial charge in [0.25, 0.3) is 17.7 Å². The van der Waals surface area contributed by atoms with Crippen LogP contribution in [0.2, 0.25) is 4.34 Å². The van der Waals surface area contributed by atoms with Crippen LogP contribution in [0.5, 0.6) is 0 Å². The van der Waals surface area contributed by atoms with E-state index in [1.807, 2.05) is 0 Å². The molecule has 0 saturated heterocycles. The molecule has 4 rings (SSSR count). The van der Waals surface area contributed by atoms with E-state index >= 15 is 0 Å². The van der Waals surface area contributed by atoms with Gasteiger partial charge in [-0.1, -0.05) is 35.9 Å². The molecule has 1 aliphatic rings. The minimum atomic E-state index is -0.491. The number of nitrogens with one attached hydrogen (secondary N) is 1. The maximum atomic E-state index is 13.1. The number of rotatable bonds is 6. The Hall–Kier alpha value is -4.02. The average Bonchev–Trinajstić information content (AvgIpc) is 3.32. The lowest BCUT2D eigenvalue weighted by atomic mass is 10.1. The van der Waals surface area contributed by atoms with Gasteiger partial charge in [0.15, 0.2) is 0 Å². The largest absolute Gasteiger partial charge is 0.369 e. The second kappa shape index (κ2) is 9.23. The molecule has 166 valence electrons. The predicted octanol–water partition coefficient (Wildman–Crippen LogP) is 3.06. The molecule has 1 aliphatic heterocycles. The molecule has 2 heterocycles. The Balaban J connectivity index is 1.56. The van der Waals surface area contributed by atoms with Crippen molar-refractivity contribution in [1.82, 2.24) is 4.90 Å². The highest BCUT2D eigenvalue weighted by Crippen LogP contribution is 2.31. The molecule has 3 amide bonds. The van der Waals surface area contributed by atoms with Crippen molar-refractivity contribution in [3.8, 4) is 0 Å². The van der Waals surface area contributed by atoms with Crippen LogP contribution in [-0.4, -0.2) is 34.8 Å². The van der Waals surface area contributed by atoms with Crippen molar-refractivity contribution in [3.63, 3.8) is 0 Å². The summed E-state index contributed by atoms with van der Waals surface area (Å²) >= 11 is 7.02. The normalized spacial score (nSPS) is 12.8. The lowest BCUT2D eigenvalue weighted by Gasteiger charge is -2.14. The predicted molar refractivity (Wildman–Crippen MR) is 128 cm³/mol. The third-order valence-electron chi connectivity index (χ3n) is 4.72. The Morgan fingerprint density at radius 2 is 1.88 bits per heavy atom. The molecule has 11 heteroatoms. The molecule has 2 aromatic carbocycles. The van der Waals surface area contributed by atoms with Gasteiger partial charge in [0.05, 0.1) is 38.8 Å². The summed E-state index contributed by atoms with van der Waals surface area (Å²) in [4.78, 5) is 40.2. The Labute approximate surface area is 197 Å². The summed E-state index contributed by atoms with van der Waals surface area (Å²) in [6.45, 7) is 0.0459. The van der Waals surface area contributed by atoms with Crippen LogP contribution in [0.1, 0.15) is 41.5 Å². The van der Waals surface area contributed by atoms with Crippen LogP contribution in [0.15, 0.2) is 64.8 Å². The molecule has 0 bridgehead atoms. The van der Waals surface area contributed by atoms with Gasteiger partial charge in [-0.05, 0) is 41.5 Å². The first-order valence-corrected chi connectivity index (χ1v) is 10.8. The summed E-state index contributed by atoms with van der Waals surface area (Å²) in [5.74, 6) is -1.51. The van der Waals surface area contributed by atoms with E-state index < -0.39 is 17.7 Å². The fourth-order valence-corrected chi connectivity index (χ4v) is 4.26. The standard InChI is InChI=1S/C22H17ClN6O3S/c23-17-8-7-16(33-17)19(30)27-15-6-2-5-14-18(15)21(32)29(20(14)31)11-13-4-1-3-12(9-13)10-26-28-22(24)25/h1-10H,11H2,(H,27,30)(H4,24,25,28). The van der Waals surface area contributed by atoms with Crippen LogP contribution in [-0.2, 0) is 6.54 Å². The SMILES string of the molecule is NC(N)=NN=Cc1cccc(CN2C(=O)c3cccc(NC(=O)c4ccc(Cl)s4)c3C2=O)c1. The van der Waals surface area contributed by atoms with E-state index in [2.05, 4.69) is 15.5 Å². The van der Waals surface area contributed by atoms with Crippen molar-refractivity contribution < 1.29 is 14.4 Å². The van der Waals surface area contributed by atoms with Crippen LogP contribution >= 0.6 is 22.9 Å². The number of guanidine groups is 1. The van der Waals surface area contributed by atoms with Gasteiger partial charge in [0, 0.05) is 0 Å². The Bertz CT molecular complexity index is 1330. The molecular weight excluding hydrogens is 464 g/mol. The number of anilines is 1. The van der Waals surface area contributed by atoms with Gasteiger partial charge in [-0.25, -0.2) is 0 Å². The first-order chi connectivity index (χ1) is 15.8. The third kappa shape index (κ3) is 4.76. The number of carbonyl (C=O) groups is 3. The maximum Gasteiger partial charge on any atom is 0.265 e. The maximum absolute atomic E-state index is 13.1. The highest BCUT2D eigenvalue weighted by Gasteiger charge is 2.37. The van der Waals surface area contributed by atoms with E-state index in [1.54, 1.807) is 54.6 Å². The van der Waals surface area contributed by atoms with Gasteiger partial charge < -0.3 is 16.8 Å². The molecule has 0 saturated carbocycles. The number of benzene rings is 2. The lowest BCUT2D eigenvalue weighted by molar-refractivity contribution is 0.0642. The Morgan fingerprint density at radius 1 is 1.09 bits per heavy atom. The lowest BCUT2D eigenvalue weighted by Crippen LogP contribution is -2.29. The Kier molecular flexibility index (Phi) is 6.20. The number of nitrogens with zero attached hydrogens (tertiary/aromatic N) is 3. The van der Waals surface area contributed by atoms with E-state index in [9.17, 15) is 14.4 Å². The number of hydrogen-bond donors (Lipinski definition) is 3. The van der Waals surface area contributed by atoms with Crippen molar-refractivity contribution in [3.05, 3.63) is 86.1 Å². The smallest absolute Gasteiger partial charge is 0.265 e. The molecule has 0 unspecified atom stereocenters. The molecule has 0 atom stereocenters. The molecule has 0 fully saturated rings. The second-order valence-electron chi connectivity index (χ2n) is 7.00. The molecule has 5 N–H and O–H groups in total. The minimum Gasteiger partial charge on any atom is -0.369 e. The van der Waals surface area contributed by atoms with E-state index in [4.69, 9.17) is 23.1 Å². The van der Waals surface area contributed by atoms with Gasteiger partial charge in [-0.2, -0.15) is 5.10 Å². The first-order valence-electron chi connectivity index (χ1n) is 9.60. The molecule has 33 heavy (non-hydrogen) atoms. The molecule has 3 aromatic rings. The fraction of sp³-hybridized carbons (Fsp3) is 0.0455. The summed E-state index contributed by atoms with van der Waals surface area (Å²) in [5, 5.41) is 10.0. The monoisotopic (exact) mass is 480 g/mol. The summed E-state index contributed by atoms with van der Waals surface area (Å²) < 4.78 is 0.474. The van der Waals surface area contributed by atoms with Gasteiger partial charge in [0.2, 0.25) is 5.96 Å². The number of fused-ring (bicyclic) bond motifs is 1. The van der Waals surface area contributed by atoms with Crippen molar-refractivity contribution in [2.45, 2.75) is 6.54 Å². The Morgan fingerprint density at radius 3 is 2.61 bits per heavy atom. The van der Waals surface area contributed by atoms with E-state index in [0.29, 0.717) is 20.3 Å². The highest BCUT2D eigenvalue weighted by molar-refractivity contribution is 7.18. The molecule has 9 nitrogen and oxygen atoms in total. The topological polar surface area (TPSA) is 143 Å². The van der Waals surface area contributed by atoms with Crippen molar-refractivity contribution >= 4 is 58.5 Å². The summed E-state index contributed by atoms with van der Waals surface area (Å²) in [6, 6.07) is 15.1. The van der Waals surface area contributed by atoms with Crippen molar-refractivity contribution in [1.29, 1.82) is 0 Å². The number of imide groups is 1. The molecule has 0 spiro atoms. The summed E-state index contributed by atoms with van der Waals surface area (Å²) in [7, 11) is 0. The number of halogens is 1. The zero-order chi connectivity index (χ0) is 23.5. The second-order valence-corrected chi connectivity index (χ2v) is 8.71. The quantitative estimate of drug-likeness (QED) is 0.215. The van der Waals surface area contributed by atoms with E-state index in [1.165, 1.54) is 6.21 Å². The van der Waals surface area contributed by atoms with Crippen LogP contribution in [0, 0.1) is 0 Å². The van der Waals surface area contributed by atoms with Gasteiger partial charge in [-0.3, -0.25) is 19.3 Å². The van der Waals surface area contributed by atoms with Crippen LogP contribution < -0.4 is 16.8 Å². The highest BCUT2D eigenvalue weighted by atomic mass is 35.5. The first kappa shape index (κ1) is 22.2. The number of thiophene rings is 1. The van der Waals surface area contributed by atoms with Crippen LogP contribution in [0.4, 0.5) is 5.69 Å². The summed E-state index contributed by atoms with van der Waals surface area (Å²) in [5.41, 5.74) is 12.5. The minimum absolute atomic E-state index is 0.0459. The van der Waals surface area contributed by atoms with E-state index in [0.717, 1.165) is 16.2 Å². The number of carbonyl (C=O) groups excluding carboxylic acids is 3.